The Morgan fingerprint density at radius 2 is 2.26 bits per heavy atom. The second kappa shape index (κ2) is 7.31. The third-order valence-electron chi connectivity index (χ3n) is 2.99. The number of carbonyl (C=O) groups is 1. The number of aliphatic hydroxyl groups is 1. The number of aliphatic hydroxyl groups excluding tert-OH is 1. The maximum absolute atomic E-state index is 11.3. The van der Waals surface area contributed by atoms with E-state index in [9.17, 15) is 4.79 Å². The Kier molecular flexibility index (Phi) is 6.05. The van der Waals surface area contributed by atoms with Crippen molar-refractivity contribution < 1.29 is 19.1 Å². The fourth-order valence-electron chi connectivity index (χ4n) is 1.87. The van der Waals surface area contributed by atoms with Gasteiger partial charge in [-0.2, -0.15) is 0 Å². The van der Waals surface area contributed by atoms with Gasteiger partial charge in [0, 0.05) is 13.2 Å². The highest BCUT2D eigenvalue weighted by Crippen LogP contribution is 2.21. The summed E-state index contributed by atoms with van der Waals surface area (Å²) in [5, 5.41) is 12.1. The van der Waals surface area contributed by atoms with E-state index in [1.165, 1.54) is 13.4 Å². The first-order chi connectivity index (χ1) is 8.98. The highest BCUT2D eigenvalue weighted by molar-refractivity contribution is 5.88. The highest BCUT2D eigenvalue weighted by Gasteiger charge is 2.17. The molecule has 0 saturated heterocycles. The first-order valence-electron chi connectivity index (χ1n) is 6.46. The van der Waals surface area contributed by atoms with E-state index in [0.717, 1.165) is 19.4 Å². The SMILES string of the molecule is COC(=O)c1coc(CNCC(C)(C)CCCO)c1. The molecule has 0 saturated carbocycles. The monoisotopic (exact) mass is 269 g/mol. The summed E-state index contributed by atoms with van der Waals surface area (Å²) >= 11 is 0. The van der Waals surface area contributed by atoms with Gasteiger partial charge in [-0.3, -0.25) is 0 Å². The van der Waals surface area contributed by atoms with Crippen molar-refractivity contribution in [3.63, 3.8) is 0 Å². The lowest BCUT2D eigenvalue weighted by atomic mass is 9.88. The molecule has 0 aliphatic rings. The van der Waals surface area contributed by atoms with Gasteiger partial charge in [-0.15, -0.1) is 0 Å². The van der Waals surface area contributed by atoms with Crippen molar-refractivity contribution in [3.8, 4) is 0 Å². The summed E-state index contributed by atoms with van der Waals surface area (Å²) in [4.78, 5) is 11.3. The second-order valence-electron chi connectivity index (χ2n) is 5.39. The van der Waals surface area contributed by atoms with Gasteiger partial charge in [0.2, 0.25) is 0 Å². The van der Waals surface area contributed by atoms with Gasteiger partial charge in [0.05, 0.1) is 19.2 Å². The van der Waals surface area contributed by atoms with Crippen molar-refractivity contribution in [2.45, 2.75) is 33.2 Å². The number of hydrogen-bond donors (Lipinski definition) is 2. The molecule has 0 bridgehead atoms. The van der Waals surface area contributed by atoms with Gasteiger partial charge in [0.1, 0.15) is 12.0 Å². The van der Waals surface area contributed by atoms with E-state index in [0.29, 0.717) is 17.9 Å². The zero-order valence-corrected chi connectivity index (χ0v) is 11.9. The molecule has 1 rings (SSSR count). The van der Waals surface area contributed by atoms with Crippen LogP contribution in [0.5, 0.6) is 0 Å². The maximum atomic E-state index is 11.3. The summed E-state index contributed by atoms with van der Waals surface area (Å²) in [5.74, 6) is 0.316. The molecule has 0 aromatic carbocycles. The molecule has 0 aliphatic heterocycles. The van der Waals surface area contributed by atoms with Crippen LogP contribution < -0.4 is 5.32 Å². The van der Waals surface area contributed by atoms with Crippen LogP contribution in [0.2, 0.25) is 0 Å². The van der Waals surface area contributed by atoms with Crippen LogP contribution in [-0.2, 0) is 11.3 Å². The van der Waals surface area contributed by atoms with E-state index >= 15 is 0 Å². The molecule has 0 amide bonds. The minimum atomic E-state index is -0.390. The molecule has 5 heteroatoms. The highest BCUT2D eigenvalue weighted by atomic mass is 16.5. The van der Waals surface area contributed by atoms with Crippen LogP contribution in [0.1, 0.15) is 42.8 Å². The second-order valence-corrected chi connectivity index (χ2v) is 5.39. The van der Waals surface area contributed by atoms with Crippen molar-refractivity contribution in [3.05, 3.63) is 23.7 Å². The lowest BCUT2D eigenvalue weighted by Crippen LogP contribution is -2.29. The lowest BCUT2D eigenvalue weighted by Gasteiger charge is -2.24. The summed E-state index contributed by atoms with van der Waals surface area (Å²) < 4.78 is 9.89. The largest absolute Gasteiger partial charge is 0.467 e. The smallest absolute Gasteiger partial charge is 0.341 e. The molecule has 0 spiro atoms. The number of ether oxygens (including phenoxy) is 1. The number of hydrogen-bond acceptors (Lipinski definition) is 5. The summed E-state index contributed by atoms with van der Waals surface area (Å²) in [5.41, 5.74) is 0.555. The Bertz CT molecular complexity index is 398. The quantitative estimate of drug-likeness (QED) is 0.706. The zero-order valence-electron chi connectivity index (χ0n) is 11.9. The zero-order chi connectivity index (χ0) is 14.3. The standard InChI is InChI=1S/C14H23NO4/c1-14(2,5-4-6-16)10-15-8-12-7-11(9-19-12)13(17)18-3/h7,9,15-16H,4-6,8,10H2,1-3H3. The number of nitrogens with one attached hydrogen (secondary N) is 1. The van der Waals surface area contributed by atoms with E-state index < -0.39 is 5.97 Å². The summed E-state index contributed by atoms with van der Waals surface area (Å²) in [6.07, 6.45) is 3.17. The van der Waals surface area contributed by atoms with Gasteiger partial charge in [-0.1, -0.05) is 13.8 Å². The van der Waals surface area contributed by atoms with Crippen LogP contribution in [0.3, 0.4) is 0 Å². The number of esters is 1. The molecule has 0 aliphatic carbocycles. The lowest BCUT2D eigenvalue weighted by molar-refractivity contribution is 0.0600. The van der Waals surface area contributed by atoms with Crippen LogP contribution in [0.25, 0.3) is 0 Å². The average Bonchev–Trinajstić information content (AvgIpc) is 2.84. The molecule has 5 nitrogen and oxygen atoms in total. The van der Waals surface area contributed by atoms with Crippen molar-refractivity contribution in [1.82, 2.24) is 5.32 Å². The van der Waals surface area contributed by atoms with Crippen molar-refractivity contribution >= 4 is 5.97 Å². The molecule has 0 fully saturated rings. The number of carbonyl (C=O) groups excluding carboxylic acids is 1. The molecule has 108 valence electrons. The van der Waals surface area contributed by atoms with Gasteiger partial charge in [0.25, 0.3) is 0 Å². The number of methoxy groups -OCH3 is 1. The average molecular weight is 269 g/mol. The first-order valence-corrected chi connectivity index (χ1v) is 6.46. The summed E-state index contributed by atoms with van der Waals surface area (Å²) in [7, 11) is 1.34. The van der Waals surface area contributed by atoms with Crippen molar-refractivity contribution in [2.24, 2.45) is 5.41 Å². The normalized spacial score (nSPS) is 11.6. The van der Waals surface area contributed by atoms with Crippen molar-refractivity contribution in [2.75, 3.05) is 20.3 Å². The molecule has 1 aromatic heterocycles. The van der Waals surface area contributed by atoms with E-state index in [-0.39, 0.29) is 12.0 Å². The molecule has 1 heterocycles. The van der Waals surface area contributed by atoms with Crippen LogP contribution in [0.15, 0.2) is 16.7 Å². The Hall–Kier alpha value is -1.33. The molecular formula is C14H23NO4. The third kappa shape index (κ3) is 5.44. The van der Waals surface area contributed by atoms with Gasteiger partial charge < -0.3 is 19.6 Å². The molecule has 0 unspecified atom stereocenters. The minimum absolute atomic E-state index is 0.125. The summed E-state index contributed by atoms with van der Waals surface area (Å²) in [6.45, 7) is 5.92. The molecule has 2 N–H and O–H groups in total. The Morgan fingerprint density at radius 3 is 2.89 bits per heavy atom. The molecule has 19 heavy (non-hydrogen) atoms. The van der Waals surface area contributed by atoms with Gasteiger partial charge in [-0.25, -0.2) is 4.79 Å². The van der Waals surface area contributed by atoms with E-state index in [4.69, 9.17) is 9.52 Å². The molecular weight excluding hydrogens is 246 g/mol. The Labute approximate surface area is 113 Å². The molecule has 0 radical (unpaired) electrons. The Balaban J connectivity index is 2.36. The number of rotatable bonds is 8. The minimum Gasteiger partial charge on any atom is -0.467 e. The van der Waals surface area contributed by atoms with E-state index in [2.05, 4.69) is 23.9 Å². The van der Waals surface area contributed by atoms with Crippen LogP contribution in [-0.4, -0.2) is 31.3 Å². The van der Waals surface area contributed by atoms with Crippen LogP contribution in [0.4, 0.5) is 0 Å². The third-order valence-corrected chi connectivity index (χ3v) is 2.99. The predicted molar refractivity (Wildman–Crippen MR) is 71.9 cm³/mol. The van der Waals surface area contributed by atoms with Crippen LogP contribution in [0, 0.1) is 5.41 Å². The topological polar surface area (TPSA) is 71.7 Å². The Morgan fingerprint density at radius 1 is 1.53 bits per heavy atom. The van der Waals surface area contributed by atoms with Gasteiger partial charge in [-0.05, 0) is 24.3 Å². The molecule has 0 atom stereocenters. The first kappa shape index (κ1) is 15.7. The van der Waals surface area contributed by atoms with Crippen molar-refractivity contribution in [1.29, 1.82) is 0 Å². The van der Waals surface area contributed by atoms with E-state index in [1.807, 2.05) is 0 Å². The predicted octanol–water partition coefficient (Wildman–Crippen LogP) is 1.95. The van der Waals surface area contributed by atoms with Crippen LogP contribution >= 0.6 is 0 Å². The number of furan rings is 1. The fraction of sp³-hybridized carbons (Fsp3) is 0.643. The van der Waals surface area contributed by atoms with Gasteiger partial charge in [0.15, 0.2) is 0 Å². The molecule has 1 aromatic rings. The van der Waals surface area contributed by atoms with E-state index in [1.54, 1.807) is 6.07 Å². The fourth-order valence-corrected chi connectivity index (χ4v) is 1.87. The summed E-state index contributed by atoms with van der Waals surface area (Å²) in [6, 6.07) is 1.68. The van der Waals surface area contributed by atoms with Gasteiger partial charge >= 0.3 is 5.97 Å². The maximum Gasteiger partial charge on any atom is 0.341 e.